The molecule has 0 heterocycles. The quantitative estimate of drug-likeness (QED) is 0.168. The standard InChI is InChI=1S/C10H20NO5/c1-2-4-10(15)16-6-3-5-11(7-12,8-13)9-14/h2,4,12-14H,3,5-9H2,1H3/q+1/b4-2+. The summed E-state index contributed by atoms with van der Waals surface area (Å²) >= 11 is 0. The molecular formula is C10H20NO5+. The zero-order chi connectivity index (χ0) is 12.4. The van der Waals surface area contributed by atoms with Crippen LogP contribution in [0.25, 0.3) is 0 Å². The van der Waals surface area contributed by atoms with Crippen molar-refractivity contribution in [3.63, 3.8) is 0 Å². The monoisotopic (exact) mass is 234 g/mol. The van der Waals surface area contributed by atoms with Gasteiger partial charge in [0.15, 0.2) is 20.2 Å². The van der Waals surface area contributed by atoms with E-state index in [2.05, 4.69) is 0 Å². The number of nitrogens with zero attached hydrogens (tertiary/aromatic N) is 1. The van der Waals surface area contributed by atoms with E-state index in [9.17, 15) is 4.79 Å². The Morgan fingerprint density at radius 3 is 2.25 bits per heavy atom. The van der Waals surface area contributed by atoms with Crippen LogP contribution >= 0.6 is 0 Å². The highest BCUT2D eigenvalue weighted by atomic mass is 16.5. The molecule has 3 N–H and O–H groups in total. The third kappa shape index (κ3) is 5.22. The Morgan fingerprint density at radius 2 is 1.81 bits per heavy atom. The first-order valence-corrected chi connectivity index (χ1v) is 5.11. The van der Waals surface area contributed by atoms with Crippen LogP contribution in [0, 0.1) is 0 Å². The molecule has 0 unspecified atom stereocenters. The van der Waals surface area contributed by atoms with Crippen LogP contribution in [0.3, 0.4) is 0 Å². The van der Waals surface area contributed by atoms with Gasteiger partial charge in [0.1, 0.15) is 0 Å². The van der Waals surface area contributed by atoms with Crippen LogP contribution in [0.4, 0.5) is 0 Å². The Kier molecular flexibility index (Phi) is 7.74. The van der Waals surface area contributed by atoms with Crippen molar-refractivity contribution in [1.82, 2.24) is 0 Å². The van der Waals surface area contributed by atoms with Gasteiger partial charge in [-0.05, 0) is 6.92 Å². The first-order chi connectivity index (χ1) is 7.64. The van der Waals surface area contributed by atoms with Crippen molar-refractivity contribution in [3.05, 3.63) is 12.2 Å². The highest BCUT2D eigenvalue weighted by Crippen LogP contribution is 2.04. The number of carbonyl (C=O) groups is 1. The number of aliphatic hydroxyl groups is 3. The molecule has 0 aliphatic heterocycles. The molecule has 0 aromatic rings. The van der Waals surface area contributed by atoms with Crippen molar-refractivity contribution >= 4 is 5.97 Å². The van der Waals surface area contributed by atoms with Crippen molar-refractivity contribution in [2.75, 3.05) is 33.3 Å². The van der Waals surface area contributed by atoms with Gasteiger partial charge >= 0.3 is 5.97 Å². The lowest BCUT2D eigenvalue weighted by Gasteiger charge is -2.31. The molecule has 0 bridgehead atoms. The lowest BCUT2D eigenvalue weighted by atomic mass is 10.4. The second kappa shape index (κ2) is 8.23. The molecule has 16 heavy (non-hydrogen) atoms. The van der Waals surface area contributed by atoms with Crippen LogP contribution in [0.5, 0.6) is 0 Å². The summed E-state index contributed by atoms with van der Waals surface area (Å²) in [5.41, 5.74) is 0. The van der Waals surface area contributed by atoms with Gasteiger partial charge in [0.25, 0.3) is 0 Å². The van der Waals surface area contributed by atoms with Crippen LogP contribution in [0.1, 0.15) is 13.3 Å². The van der Waals surface area contributed by atoms with Crippen LogP contribution in [0.2, 0.25) is 0 Å². The number of esters is 1. The van der Waals surface area contributed by atoms with E-state index in [1.165, 1.54) is 6.08 Å². The molecule has 0 saturated heterocycles. The Bertz CT molecular complexity index is 217. The van der Waals surface area contributed by atoms with Gasteiger partial charge in [0.05, 0.1) is 13.2 Å². The minimum absolute atomic E-state index is 0.198. The van der Waals surface area contributed by atoms with Gasteiger partial charge in [-0.2, -0.15) is 0 Å². The van der Waals surface area contributed by atoms with Gasteiger partial charge < -0.3 is 20.1 Å². The Labute approximate surface area is 95.0 Å². The molecular weight excluding hydrogens is 214 g/mol. The normalized spacial score (nSPS) is 12.0. The van der Waals surface area contributed by atoms with Crippen molar-refractivity contribution < 1.29 is 29.3 Å². The Hall–Kier alpha value is -0.950. The highest BCUT2D eigenvalue weighted by molar-refractivity contribution is 5.81. The third-order valence-corrected chi connectivity index (χ3v) is 2.22. The number of quaternary nitrogens is 1. The number of hydrogen-bond donors (Lipinski definition) is 3. The van der Waals surface area contributed by atoms with Gasteiger partial charge in [-0.3, -0.25) is 4.48 Å². The summed E-state index contributed by atoms with van der Waals surface area (Å²) in [7, 11) is 0. The molecule has 0 amide bonds. The second-order valence-electron chi connectivity index (χ2n) is 3.51. The van der Waals surface area contributed by atoms with E-state index in [4.69, 9.17) is 20.1 Å². The largest absolute Gasteiger partial charge is 0.462 e. The zero-order valence-electron chi connectivity index (χ0n) is 9.50. The van der Waals surface area contributed by atoms with Gasteiger partial charge in [-0.25, -0.2) is 4.79 Å². The van der Waals surface area contributed by atoms with Gasteiger partial charge in [-0.15, -0.1) is 0 Å². The first kappa shape index (κ1) is 15.0. The summed E-state index contributed by atoms with van der Waals surface area (Å²) in [5, 5.41) is 27.0. The predicted octanol–water partition coefficient (Wildman–Crippen LogP) is -0.838. The SMILES string of the molecule is C/C=C/C(=O)OCCC[N+](CO)(CO)CO. The number of hydrogen-bond acceptors (Lipinski definition) is 5. The van der Waals surface area contributed by atoms with E-state index >= 15 is 0 Å². The first-order valence-electron chi connectivity index (χ1n) is 5.11. The van der Waals surface area contributed by atoms with Crippen LogP contribution < -0.4 is 0 Å². The minimum atomic E-state index is -0.419. The van der Waals surface area contributed by atoms with E-state index in [0.717, 1.165) is 0 Å². The molecule has 0 rings (SSSR count). The molecule has 0 atom stereocenters. The maximum Gasteiger partial charge on any atom is 0.330 e. The van der Waals surface area contributed by atoms with Crippen molar-refractivity contribution in [3.8, 4) is 0 Å². The molecule has 0 aromatic heterocycles. The van der Waals surface area contributed by atoms with E-state index in [0.29, 0.717) is 13.0 Å². The Morgan fingerprint density at radius 1 is 1.25 bits per heavy atom. The lowest BCUT2D eigenvalue weighted by molar-refractivity contribution is -0.976. The molecule has 0 aromatic carbocycles. The summed E-state index contributed by atoms with van der Waals surface area (Å²) < 4.78 is 4.61. The summed E-state index contributed by atoms with van der Waals surface area (Å²) in [4.78, 5) is 10.9. The predicted molar refractivity (Wildman–Crippen MR) is 56.8 cm³/mol. The average Bonchev–Trinajstić information content (AvgIpc) is 2.31. The maximum absolute atomic E-state index is 10.9. The van der Waals surface area contributed by atoms with E-state index in [1.54, 1.807) is 13.0 Å². The van der Waals surface area contributed by atoms with E-state index < -0.39 is 5.97 Å². The number of aliphatic hydroxyl groups excluding tert-OH is 3. The van der Waals surface area contributed by atoms with Gasteiger partial charge in [-0.1, -0.05) is 6.08 Å². The van der Waals surface area contributed by atoms with Gasteiger partial charge in [0, 0.05) is 12.5 Å². The molecule has 94 valence electrons. The maximum atomic E-state index is 10.9. The molecule has 0 aliphatic rings. The molecule has 0 fully saturated rings. The fourth-order valence-electron chi connectivity index (χ4n) is 1.10. The second-order valence-corrected chi connectivity index (χ2v) is 3.51. The smallest absolute Gasteiger partial charge is 0.330 e. The number of carbonyl (C=O) groups excluding carboxylic acids is 1. The molecule has 0 aliphatic carbocycles. The fraction of sp³-hybridized carbons (Fsp3) is 0.700. The lowest BCUT2D eigenvalue weighted by Crippen LogP contribution is -2.51. The van der Waals surface area contributed by atoms with Crippen molar-refractivity contribution in [2.24, 2.45) is 0 Å². The van der Waals surface area contributed by atoms with Crippen LogP contribution in [-0.2, 0) is 9.53 Å². The molecule has 0 spiro atoms. The fourth-order valence-corrected chi connectivity index (χ4v) is 1.10. The van der Waals surface area contributed by atoms with Gasteiger partial charge in [0.2, 0.25) is 0 Å². The van der Waals surface area contributed by atoms with E-state index in [1.807, 2.05) is 0 Å². The molecule has 0 saturated carbocycles. The van der Waals surface area contributed by atoms with Crippen LogP contribution in [-0.4, -0.2) is 59.1 Å². The topological polar surface area (TPSA) is 87.0 Å². The summed E-state index contributed by atoms with van der Waals surface area (Å²) in [6.45, 7) is 1.20. The third-order valence-electron chi connectivity index (χ3n) is 2.22. The number of allylic oxidation sites excluding steroid dienone is 1. The summed E-state index contributed by atoms with van der Waals surface area (Å²) in [5.74, 6) is -0.419. The van der Waals surface area contributed by atoms with E-state index in [-0.39, 0.29) is 31.3 Å². The summed E-state index contributed by atoms with van der Waals surface area (Å²) in [6.07, 6.45) is 3.36. The summed E-state index contributed by atoms with van der Waals surface area (Å²) in [6, 6.07) is 0. The molecule has 0 radical (unpaired) electrons. The van der Waals surface area contributed by atoms with Crippen molar-refractivity contribution in [1.29, 1.82) is 0 Å². The highest BCUT2D eigenvalue weighted by Gasteiger charge is 2.23. The number of ether oxygens (including phenoxy) is 1. The molecule has 6 nitrogen and oxygen atoms in total. The number of rotatable bonds is 8. The average molecular weight is 234 g/mol. The van der Waals surface area contributed by atoms with Crippen LogP contribution in [0.15, 0.2) is 12.2 Å². The minimum Gasteiger partial charge on any atom is -0.462 e. The molecule has 6 heteroatoms. The Balaban J connectivity index is 3.83. The zero-order valence-corrected chi connectivity index (χ0v) is 9.50. The van der Waals surface area contributed by atoms with Crippen molar-refractivity contribution in [2.45, 2.75) is 13.3 Å².